The second-order valence-corrected chi connectivity index (χ2v) is 4.72. The van der Waals surface area contributed by atoms with Crippen molar-refractivity contribution in [3.63, 3.8) is 0 Å². The predicted molar refractivity (Wildman–Crippen MR) is 51.4 cm³/mol. The van der Waals surface area contributed by atoms with Gasteiger partial charge in [0.1, 0.15) is 0 Å². The van der Waals surface area contributed by atoms with E-state index in [1.54, 1.807) is 11.9 Å². The number of carbonyl (C=O) groups is 1. The van der Waals surface area contributed by atoms with Gasteiger partial charge in [-0.1, -0.05) is 0 Å². The Hall–Kier alpha value is -1.08. The van der Waals surface area contributed by atoms with E-state index in [-0.39, 0.29) is 24.7 Å². The van der Waals surface area contributed by atoms with Crippen molar-refractivity contribution in [3.05, 3.63) is 0 Å². The van der Waals surface area contributed by atoms with E-state index >= 15 is 0 Å². The van der Waals surface area contributed by atoms with Gasteiger partial charge in [0.2, 0.25) is 5.91 Å². The molecule has 0 radical (unpaired) electrons. The molecule has 1 aliphatic rings. The highest BCUT2D eigenvalue weighted by atomic mass is 16.5. The fourth-order valence-corrected chi connectivity index (χ4v) is 1.17. The molecule has 0 aromatic carbocycles. The highest BCUT2D eigenvalue weighted by Gasteiger charge is 2.49. The van der Waals surface area contributed by atoms with Crippen molar-refractivity contribution >= 4 is 5.91 Å². The smallest absolute Gasteiger partial charge is 0.248 e. The molecule has 0 aromatic rings. The topological polar surface area (TPSA) is 53.3 Å². The number of carbonyl (C=O) groups excluding carboxylic acids is 1. The van der Waals surface area contributed by atoms with Crippen LogP contribution in [0, 0.1) is 16.7 Å². The highest BCUT2D eigenvalue weighted by molar-refractivity contribution is 5.87. The summed E-state index contributed by atoms with van der Waals surface area (Å²) in [6.07, 6.45) is 0. The minimum Gasteiger partial charge on any atom is -0.377 e. The summed E-state index contributed by atoms with van der Waals surface area (Å²) in [6.45, 7) is 6.27. The van der Waals surface area contributed by atoms with E-state index in [9.17, 15) is 4.79 Å². The third-order valence-electron chi connectivity index (χ3n) is 2.63. The van der Waals surface area contributed by atoms with E-state index in [0.29, 0.717) is 0 Å². The van der Waals surface area contributed by atoms with E-state index < -0.39 is 5.41 Å². The summed E-state index contributed by atoms with van der Waals surface area (Å²) in [7, 11) is 1.72. The lowest BCUT2D eigenvalue weighted by Crippen LogP contribution is -2.57. The second-order valence-electron chi connectivity index (χ2n) is 4.72. The van der Waals surface area contributed by atoms with Gasteiger partial charge in [0, 0.05) is 12.6 Å². The molecular weight excluding hydrogens is 180 g/mol. The molecular formula is C10H16N2O2. The van der Waals surface area contributed by atoms with E-state index in [4.69, 9.17) is 10.00 Å². The summed E-state index contributed by atoms with van der Waals surface area (Å²) in [6, 6.07) is 2.05. The van der Waals surface area contributed by atoms with Crippen molar-refractivity contribution in [2.45, 2.75) is 26.3 Å². The fourth-order valence-electron chi connectivity index (χ4n) is 1.17. The number of rotatable bonds is 1. The van der Waals surface area contributed by atoms with Gasteiger partial charge in [-0.3, -0.25) is 4.79 Å². The van der Waals surface area contributed by atoms with Crippen LogP contribution in [0.1, 0.15) is 20.8 Å². The number of hydrogen-bond acceptors (Lipinski definition) is 3. The normalized spacial score (nSPS) is 19.4. The van der Waals surface area contributed by atoms with Crippen LogP contribution in [0.25, 0.3) is 0 Å². The minimum atomic E-state index is -0.929. The zero-order valence-corrected chi connectivity index (χ0v) is 9.13. The van der Waals surface area contributed by atoms with Gasteiger partial charge in [-0.25, -0.2) is 0 Å². The van der Waals surface area contributed by atoms with Crippen LogP contribution in [0.3, 0.4) is 0 Å². The van der Waals surface area contributed by atoms with E-state index in [1.807, 2.05) is 20.8 Å². The Morgan fingerprint density at radius 3 is 2.21 bits per heavy atom. The van der Waals surface area contributed by atoms with E-state index in [2.05, 4.69) is 6.07 Å². The molecule has 0 aromatic heterocycles. The first-order valence-electron chi connectivity index (χ1n) is 4.61. The summed E-state index contributed by atoms with van der Waals surface area (Å²) in [5.74, 6) is -0.140. The van der Waals surface area contributed by atoms with Crippen molar-refractivity contribution in [2.75, 3.05) is 20.3 Å². The third kappa shape index (κ3) is 1.60. The first-order valence-corrected chi connectivity index (χ1v) is 4.61. The Balaban J connectivity index is 2.80. The number of amides is 1. The number of hydrogen-bond donors (Lipinski definition) is 0. The van der Waals surface area contributed by atoms with Crippen LogP contribution in [0.15, 0.2) is 0 Å². The molecule has 0 spiro atoms. The van der Waals surface area contributed by atoms with Gasteiger partial charge in [-0.15, -0.1) is 0 Å². The summed E-state index contributed by atoms with van der Waals surface area (Å²) in [4.78, 5) is 13.6. The van der Waals surface area contributed by atoms with Gasteiger partial charge >= 0.3 is 0 Å². The van der Waals surface area contributed by atoms with E-state index in [0.717, 1.165) is 0 Å². The predicted octanol–water partition coefficient (Wildman–Crippen LogP) is 0.783. The molecule has 0 bridgehead atoms. The first kappa shape index (κ1) is 11.0. The maximum atomic E-state index is 11.9. The van der Waals surface area contributed by atoms with Crippen LogP contribution < -0.4 is 0 Å². The van der Waals surface area contributed by atoms with Crippen molar-refractivity contribution in [3.8, 4) is 6.07 Å². The largest absolute Gasteiger partial charge is 0.377 e. The lowest BCUT2D eigenvalue weighted by molar-refractivity contribution is -0.164. The van der Waals surface area contributed by atoms with Crippen LogP contribution >= 0.6 is 0 Å². The molecule has 1 rings (SSSR count). The van der Waals surface area contributed by atoms with Gasteiger partial charge < -0.3 is 9.64 Å². The third-order valence-corrected chi connectivity index (χ3v) is 2.63. The van der Waals surface area contributed by atoms with Gasteiger partial charge in [0.25, 0.3) is 0 Å². The van der Waals surface area contributed by atoms with Crippen LogP contribution in [0.2, 0.25) is 0 Å². The average molecular weight is 196 g/mol. The Bertz CT molecular complexity index is 281. The Morgan fingerprint density at radius 2 is 2.00 bits per heavy atom. The number of nitrogens with zero attached hydrogens (tertiary/aromatic N) is 2. The Labute approximate surface area is 84.4 Å². The van der Waals surface area contributed by atoms with Gasteiger partial charge in [-0.2, -0.15) is 5.26 Å². The molecule has 1 fully saturated rings. The second kappa shape index (κ2) is 3.25. The van der Waals surface area contributed by atoms with E-state index in [1.165, 1.54) is 0 Å². The van der Waals surface area contributed by atoms with Gasteiger partial charge in [0.05, 0.1) is 19.3 Å². The molecule has 1 aliphatic heterocycles. The SMILES string of the molecule is CN(C(=O)C1(C#N)COC1)C(C)(C)C. The summed E-state index contributed by atoms with van der Waals surface area (Å²) < 4.78 is 4.94. The molecule has 1 heterocycles. The molecule has 0 unspecified atom stereocenters. The van der Waals surface area contributed by atoms with Gasteiger partial charge in [-0.05, 0) is 20.8 Å². The molecule has 0 N–H and O–H groups in total. The maximum Gasteiger partial charge on any atom is 0.248 e. The number of nitriles is 1. The fraction of sp³-hybridized carbons (Fsp3) is 0.800. The highest BCUT2D eigenvalue weighted by Crippen LogP contribution is 2.30. The molecule has 0 atom stereocenters. The van der Waals surface area contributed by atoms with Crippen molar-refractivity contribution in [1.82, 2.24) is 4.90 Å². The van der Waals surface area contributed by atoms with Crippen molar-refractivity contribution in [1.29, 1.82) is 5.26 Å². The standard InChI is InChI=1S/C10H16N2O2/c1-9(2,3)12(4)8(13)10(5-11)6-14-7-10/h6-7H2,1-4H3. The molecule has 1 amide bonds. The Morgan fingerprint density at radius 1 is 1.50 bits per heavy atom. The van der Waals surface area contributed by atoms with Crippen LogP contribution in [0.4, 0.5) is 0 Å². The number of ether oxygens (including phenoxy) is 1. The molecule has 1 saturated heterocycles. The zero-order chi connectivity index (χ0) is 11.0. The van der Waals surface area contributed by atoms with Crippen LogP contribution in [-0.4, -0.2) is 36.6 Å². The molecule has 0 saturated carbocycles. The van der Waals surface area contributed by atoms with Crippen molar-refractivity contribution < 1.29 is 9.53 Å². The maximum absolute atomic E-state index is 11.9. The summed E-state index contributed by atoms with van der Waals surface area (Å²) in [5.41, 5.74) is -1.18. The monoisotopic (exact) mass is 196 g/mol. The Kier molecular flexibility index (Phi) is 2.55. The van der Waals surface area contributed by atoms with Crippen LogP contribution in [-0.2, 0) is 9.53 Å². The lowest BCUT2D eigenvalue weighted by atomic mass is 9.85. The molecule has 78 valence electrons. The summed E-state index contributed by atoms with van der Waals surface area (Å²) in [5, 5.41) is 8.94. The molecule has 4 nitrogen and oxygen atoms in total. The molecule has 4 heteroatoms. The van der Waals surface area contributed by atoms with Crippen LogP contribution in [0.5, 0.6) is 0 Å². The quantitative estimate of drug-likeness (QED) is 0.623. The van der Waals surface area contributed by atoms with Gasteiger partial charge in [0.15, 0.2) is 5.41 Å². The first-order chi connectivity index (χ1) is 6.33. The molecule has 14 heavy (non-hydrogen) atoms. The average Bonchev–Trinajstić information content (AvgIpc) is 2.00. The minimum absolute atomic E-state index is 0.140. The lowest BCUT2D eigenvalue weighted by Gasteiger charge is -2.41. The van der Waals surface area contributed by atoms with Crippen molar-refractivity contribution in [2.24, 2.45) is 5.41 Å². The zero-order valence-electron chi connectivity index (χ0n) is 9.13. The summed E-state index contributed by atoms with van der Waals surface area (Å²) >= 11 is 0. The molecule has 0 aliphatic carbocycles.